The fraction of sp³-hybridized carbons (Fsp3) is 0.407. The lowest BCUT2D eigenvalue weighted by Gasteiger charge is -2.28. The van der Waals surface area contributed by atoms with Crippen LogP contribution in [0, 0.1) is 0 Å². The average Bonchev–Trinajstić information content (AvgIpc) is 3.54. The molecule has 4 unspecified atom stereocenters. The van der Waals surface area contributed by atoms with Gasteiger partial charge in [0, 0.05) is 12.1 Å². The molecule has 4 atom stereocenters. The van der Waals surface area contributed by atoms with Gasteiger partial charge in [0.1, 0.15) is 23.9 Å². The monoisotopic (exact) mass is 509 g/mol. The van der Waals surface area contributed by atoms with Crippen LogP contribution in [0.1, 0.15) is 42.1 Å². The molecule has 2 aliphatic heterocycles. The van der Waals surface area contributed by atoms with E-state index < -0.39 is 36.3 Å². The van der Waals surface area contributed by atoms with Crippen LogP contribution in [0.3, 0.4) is 0 Å². The van der Waals surface area contributed by atoms with Crippen molar-refractivity contribution in [2.45, 2.75) is 57.2 Å². The van der Waals surface area contributed by atoms with Gasteiger partial charge in [-0.15, -0.1) is 0 Å². The molecule has 0 bridgehead atoms. The van der Waals surface area contributed by atoms with Gasteiger partial charge in [0.2, 0.25) is 18.1 Å². The number of esters is 1. The van der Waals surface area contributed by atoms with E-state index in [-0.39, 0.29) is 24.8 Å². The minimum absolute atomic E-state index is 0.0137. The zero-order valence-electron chi connectivity index (χ0n) is 20.8. The van der Waals surface area contributed by atoms with Crippen LogP contribution < -0.4 is 15.4 Å². The van der Waals surface area contributed by atoms with Gasteiger partial charge in [-0.1, -0.05) is 30.3 Å². The Morgan fingerprint density at radius 1 is 1.11 bits per heavy atom. The topological polar surface area (TPSA) is 123 Å². The molecule has 2 aromatic carbocycles. The zero-order valence-corrected chi connectivity index (χ0v) is 20.8. The molecule has 37 heavy (non-hydrogen) atoms. The van der Waals surface area contributed by atoms with E-state index in [0.29, 0.717) is 30.7 Å². The largest absolute Gasteiger partial charge is 0.497 e. The molecule has 2 aliphatic rings. The van der Waals surface area contributed by atoms with Crippen molar-refractivity contribution in [3.05, 3.63) is 65.7 Å². The number of likely N-dealkylation sites (tertiary alicyclic amines) is 1. The molecule has 2 saturated heterocycles. The molecule has 0 radical (unpaired) electrons. The Labute approximate surface area is 215 Å². The molecule has 0 aromatic heterocycles. The van der Waals surface area contributed by atoms with E-state index in [1.54, 1.807) is 31.2 Å². The molecule has 2 aromatic rings. The fourth-order valence-corrected chi connectivity index (χ4v) is 4.47. The number of ether oxygens (including phenoxy) is 3. The van der Waals surface area contributed by atoms with Crippen molar-refractivity contribution in [3.8, 4) is 5.75 Å². The number of nitrogens with zero attached hydrogens (tertiary/aromatic N) is 1. The first-order chi connectivity index (χ1) is 17.9. The van der Waals surface area contributed by atoms with Gasteiger partial charge < -0.3 is 29.7 Å². The van der Waals surface area contributed by atoms with Crippen molar-refractivity contribution < 1.29 is 33.4 Å². The van der Waals surface area contributed by atoms with Crippen molar-refractivity contribution in [3.63, 3.8) is 0 Å². The van der Waals surface area contributed by atoms with E-state index in [4.69, 9.17) is 14.2 Å². The minimum atomic E-state index is -0.912. The molecule has 0 spiro atoms. The third-order valence-electron chi connectivity index (χ3n) is 6.46. The van der Waals surface area contributed by atoms with Crippen LogP contribution >= 0.6 is 0 Å². The van der Waals surface area contributed by atoms with E-state index in [2.05, 4.69) is 10.6 Å². The number of carbonyl (C=O) groups is 4. The van der Waals surface area contributed by atoms with E-state index in [0.717, 1.165) is 5.56 Å². The molecular weight excluding hydrogens is 478 g/mol. The lowest BCUT2D eigenvalue weighted by Crippen LogP contribution is -2.54. The Kier molecular flexibility index (Phi) is 8.39. The summed E-state index contributed by atoms with van der Waals surface area (Å²) in [7, 11) is 1.54. The van der Waals surface area contributed by atoms with Crippen LogP contribution in [-0.2, 0) is 30.5 Å². The molecule has 2 fully saturated rings. The second-order valence-electron chi connectivity index (χ2n) is 9.09. The quantitative estimate of drug-likeness (QED) is 0.494. The van der Waals surface area contributed by atoms with Crippen LogP contribution in [0.2, 0.25) is 0 Å². The van der Waals surface area contributed by atoms with Gasteiger partial charge in [-0.25, -0.2) is 0 Å². The second kappa shape index (κ2) is 11.9. The highest BCUT2D eigenvalue weighted by Gasteiger charge is 2.41. The van der Waals surface area contributed by atoms with E-state index >= 15 is 0 Å². The summed E-state index contributed by atoms with van der Waals surface area (Å²) >= 11 is 0. The molecular formula is C27H31N3O7. The molecule has 0 aliphatic carbocycles. The zero-order chi connectivity index (χ0) is 26.4. The molecule has 2 heterocycles. The van der Waals surface area contributed by atoms with E-state index in [1.165, 1.54) is 12.0 Å². The van der Waals surface area contributed by atoms with Crippen molar-refractivity contribution >= 4 is 23.7 Å². The number of carbonyl (C=O) groups excluding carboxylic acids is 4. The summed E-state index contributed by atoms with van der Waals surface area (Å²) in [5, 5.41) is 5.54. The third kappa shape index (κ3) is 6.45. The number of nitrogens with one attached hydrogen (secondary N) is 2. The van der Waals surface area contributed by atoms with E-state index in [9.17, 15) is 19.2 Å². The maximum atomic E-state index is 13.1. The Hall–Kier alpha value is -3.92. The van der Waals surface area contributed by atoms with Crippen molar-refractivity contribution in [1.82, 2.24) is 15.5 Å². The number of hydrogen-bond donors (Lipinski definition) is 2. The summed E-state index contributed by atoms with van der Waals surface area (Å²) in [6.45, 7) is 2.21. The number of benzene rings is 2. The van der Waals surface area contributed by atoms with Crippen LogP contribution in [-0.4, -0.2) is 66.7 Å². The second-order valence-corrected chi connectivity index (χ2v) is 9.09. The molecule has 10 heteroatoms. The average molecular weight is 510 g/mol. The lowest BCUT2D eigenvalue weighted by molar-refractivity contribution is -0.168. The molecule has 196 valence electrons. The summed E-state index contributed by atoms with van der Waals surface area (Å²) in [6.07, 6.45) is 0.204. The standard InChI is InChI=1S/C27H31N3O7/c1-17(28-24(32)19-10-12-20(35-2)13-11-19)26(34)30-14-6-9-22(30)25(33)29-21-15-23(31)37-27(21)36-16-18-7-4-3-5-8-18/h3-5,7-8,10-13,17,21-22,27H,6,9,14-16H2,1-2H3,(H,28,32)(H,29,33). The predicted octanol–water partition coefficient (Wildman–Crippen LogP) is 1.78. The highest BCUT2D eigenvalue weighted by atomic mass is 16.7. The highest BCUT2D eigenvalue weighted by molar-refractivity contribution is 5.98. The first-order valence-corrected chi connectivity index (χ1v) is 12.3. The summed E-state index contributed by atoms with van der Waals surface area (Å²) in [4.78, 5) is 52.3. The van der Waals surface area contributed by atoms with Gasteiger partial charge in [-0.2, -0.15) is 0 Å². The summed E-state index contributed by atoms with van der Waals surface area (Å²) in [6, 6.07) is 13.8. The molecule has 0 saturated carbocycles. The molecule has 4 rings (SSSR count). The minimum Gasteiger partial charge on any atom is -0.497 e. The Bertz CT molecular complexity index is 1120. The van der Waals surface area contributed by atoms with Gasteiger partial charge in [-0.3, -0.25) is 19.2 Å². The van der Waals surface area contributed by atoms with Crippen molar-refractivity contribution in [1.29, 1.82) is 0 Å². The van der Waals surface area contributed by atoms with Crippen LogP contribution in [0.25, 0.3) is 0 Å². The Morgan fingerprint density at radius 2 is 1.84 bits per heavy atom. The molecule has 10 nitrogen and oxygen atoms in total. The van der Waals surface area contributed by atoms with Crippen molar-refractivity contribution in [2.75, 3.05) is 13.7 Å². The summed E-state index contributed by atoms with van der Waals surface area (Å²) in [5.41, 5.74) is 1.30. The number of hydrogen-bond acceptors (Lipinski definition) is 7. The van der Waals surface area contributed by atoms with Crippen LogP contribution in [0.4, 0.5) is 0 Å². The van der Waals surface area contributed by atoms with E-state index in [1.807, 2.05) is 30.3 Å². The SMILES string of the molecule is COc1ccc(C(=O)NC(C)C(=O)N2CCCC2C(=O)NC2CC(=O)OC2OCc2ccccc2)cc1. The summed E-state index contributed by atoms with van der Waals surface area (Å²) < 4.78 is 16.1. The highest BCUT2D eigenvalue weighted by Crippen LogP contribution is 2.22. The first-order valence-electron chi connectivity index (χ1n) is 12.3. The van der Waals surface area contributed by atoms with Crippen LogP contribution in [0.5, 0.6) is 5.75 Å². The first kappa shape index (κ1) is 26.2. The maximum Gasteiger partial charge on any atom is 0.310 e. The van der Waals surface area contributed by atoms with Gasteiger partial charge in [0.25, 0.3) is 5.91 Å². The Morgan fingerprint density at radius 3 is 2.54 bits per heavy atom. The Balaban J connectivity index is 1.33. The predicted molar refractivity (Wildman–Crippen MR) is 132 cm³/mol. The third-order valence-corrected chi connectivity index (χ3v) is 6.46. The number of cyclic esters (lactones) is 1. The van der Waals surface area contributed by atoms with Gasteiger partial charge in [-0.05, 0) is 49.6 Å². The fourth-order valence-electron chi connectivity index (χ4n) is 4.47. The van der Waals surface area contributed by atoms with Gasteiger partial charge in [0.15, 0.2) is 0 Å². The number of methoxy groups -OCH3 is 1. The number of rotatable bonds is 9. The number of amides is 3. The maximum absolute atomic E-state index is 13.1. The normalized spacial score (nSPS) is 21.7. The molecule has 2 N–H and O–H groups in total. The van der Waals surface area contributed by atoms with Crippen LogP contribution in [0.15, 0.2) is 54.6 Å². The smallest absolute Gasteiger partial charge is 0.310 e. The van der Waals surface area contributed by atoms with Gasteiger partial charge in [0.05, 0.1) is 20.1 Å². The lowest BCUT2D eigenvalue weighted by atomic mass is 10.1. The summed E-state index contributed by atoms with van der Waals surface area (Å²) in [5.74, 6) is -0.971. The van der Waals surface area contributed by atoms with Crippen molar-refractivity contribution in [2.24, 2.45) is 0 Å². The molecule has 3 amide bonds. The van der Waals surface area contributed by atoms with Gasteiger partial charge >= 0.3 is 5.97 Å².